The van der Waals surface area contributed by atoms with E-state index in [1.165, 1.54) is 17.8 Å². The van der Waals surface area contributed by atoms with E-state index in [9.17, 15) is 9.18 Å². The molecular weight excluding hydrogens is 353 g/mol. The molecule has 1 aromatic carbocycles. The van der Waals surface area contributed by atoms with Gasteiger partial charge in [0, 0.05) is 29.9 Å². The maximum atomic E-state index is 13.6. The summed E-state index contributed by atoms with van der Waals surface area (Å²) in [5.74, 6) is 0.123. The van der Waals surface area contributed by atoms with Crippen molar-refractivity contribution in [2.45, 2.75) is 38.4 Å². The lowest BCUT2D eigenvalue weighted by molar-refractivity contribution is -0.121. The van der Waals surface area contributed by atoms with E-state index >= 15 is 0 Å². The zero-order valence-electron chi connectivity index (χ0n) is 14.9. The molecular formula is C18H20FN5OS. The normalized spacial score (nSPS) is 11.1. The van der Waals surface area contributed by atoms with Crippen LogP contribution in [-0.2, 0) is 17.8 Å². The summed E-state index contributed by atoms with van der Waals surface area (Å²) in [6.07, 6.45) is 2.75. The number of hydrogen-bond acceptors (Lipinski definition) is 5. The van der Waals surface area contributed by atoms with E-state index < -0.39 is 0 Å². The number of nitrogens with zero attached hydrogens (tertiary/aromatic N) is 4. The Balaban J connectivity index is 1.67. The second-order valence-electron chi connectivity index (χ2n) is 5.94. The summed E-state index contributed by atoms with van der Waals surface area (Å²) in [7, 11) is 0. The van der Waals surface area contributed by atoms with Crippen LogP contribution in [0.15, 0.2) is 29.4 Å². The minimum Gasteiger partial charge on any atom is -0.352 e. The first-order valence-electron chi connectivity index (χ1n) is 8.26. The van der Waals surface area contributed by atoms with Crippen molar-refractivity contribution in [3.8, 4) is 0 Å². The topological polar surface area (TPSA) is 72.2 Å². The van der Waals surface area contributed by atoms with Crippen molar-refractivity contribution in [3.63, 3.8) is 0 Å². The van der Waals surface area contributed by atoms with Crippen molar-refractivity contribution in [2.75, 3.05) is 6.26 Å². The Labute approximate surface area is 155 Å². The molecule has 0 spiro atoms. The van der Waals surface area contributed by atoms with Crippen molar-refractivity contribution >= 4 is 23.4 Å². The maximum absolute atomic E-state index is 13.6. The van der Waals surface area contributed by atoms with Gasteiger partial charge in [0.15, 0.2) is 0 Å². The summed E-state index contributed by atoms with van der Waals surface area (Å²) in [5, 5.41) is 7.84. The van der Waals surface area contributed by atoms with E-state index in [1.807, 2.05) is 20.1 Å². The molecule has 0 aliphatic rings. The minimum absolute atomic E-state index is 0.129. The highest BCUT2D eigenvalue weighted by molar-refractivity contribution is 7.98. The Morgan fingerprint density at radius 3 is 2.77 bits per heavy atom. The van der Waals surface area contributed by atoms with Gasteiger partial charge in [0.25, 0.3) is 5.78 Å². The summed E-state index contributed by atoms with van der Waals surface area (Å²) in [6, 6.07) is 6.42. The van der Waals surface area contributed by atoms with Crippen LogP contribution in [0.1, 0.15) is 28.9 Å². The number of thioether (sulfide) groups is 1. The van der Waals surface area contributed by atoms with Gasteiger partial charge in [-0.05, 0) is 38.2 Å². The maximum Gasteiger partial charge on any atom is 0.253 e. The van der Waals surface area contributed by atoms with Crippen LogP contribution in [-0.4, -0.2) is 31.7 Å². The van der Waals surface area contributed by atoms with Crippen LogP contribution >= 0.6 is 11.8 Å². The molecule has 2 aromatic heterocycles. The molecule has 3 aromatic rings. The third-order valence-corrected chi connectivity index (χ3v) is 4.79. The highest BCUT2D eigenvalue weighted by Crippen LogP contribution is 2.18. The van der Waals surface area contributed by atoms with Crippen LogP contribution in [0.4, 0.5) is 4.39 Å². The van der Waals surface area contributed by atoms with Crippen molar-refractivity contribution in [1.29, 1.82) is 0 Å². The smallest absolute Gasteiger partial charge is 0.253 e. The third-order valence-electron chi connectivity index (χ3n) is 4.25. The highest BCUT2D eigenvalue weighted by Gasteiger charge is 2.14. The predicted molar refractivity (Wildman–Crippen MR) is 98.6 cm³/mol. The molecule has 0 fully saturated rings. The zero-order valence-corrected chi connectivity index (χ0v) is 15.7. The molecule has 3 rings (SSSR count). The quantitative estimate of drug-likeness (QED) is 0.673. The SMILES string of the molecule is CSc1nc2nc(C)c(CCC(=O)NCc3ccccc3F)c(C)n2n1. The number of carbonyl (C=O) groups is 1. The molecule has 1 amide bonds. The monoisotopic (exact) mass is 373 g/mol. The fraction of sp³-hybridized carbons (Fsp3) is 0.333. The summed E-state index contributed by atoms with van der Waals surface area (Å²) in [4.78, 5) is 21.0. The Hall–Kier alpha value is -2.48. The average Bonchev–Trinajstić information content (AvgIpc) is 3.04. The first-order valence-corrected chi connectivity index (χ1v) is 9.49. The molecule has 0 aliphatic heterocycles. The van der Waals surface area contributed by atoms with Gasteiger partial charge in [-0.2, -0.15) is 4.98 Å². The Morgan fingerprint density at radius 2 is 2.04 bits per heavy atom. The number of hydrogen-bond donors (Lipinski definition) is 1. The van der Waals surface area contributed by atoms with Gasteiger partial charge in [0.1, 0.15) is 5.82 Å². The Bertz CT molecular complexity index is 956. The van der Waals surface area contributed by atoms with E-state index in [0.29, 0.717) is 29.3 Å². The van der Waals surface area contributed by atoms with Crippen LogP contribution in [0.25, 0.3) is 5.78 Å². The van der Waals surface area contributed by atoms with E-state index in [2.05, 4.69) is 20.4 Å². The standard InChI is InChI=1S/C18H20FN5OS/c1-11-14(12(2)24-17(21-11)22-18(23-24)26-3)8-9-16(25)20-10-13-6-4-5-7-15(13)19/h4-7H,8-10H2,1-3H3,(H,20,25). The molecule has 8 heteroatoms. The fourth-order valence-electron chi connectivity index (χ4n) is 2.80. The first kappa shape index (κ1) is 18.3. The molecule has 0 atom stereocenters. The van der Waals surface area contributed by atoms with E-state index in [4.69, 9.17) is 0 Å². The molecule has 0 radical (unpaired) electrons. The van der Waals surface area contributed by atoms with E-state index in [-0.39, 0.29) is 18.3 Å². The van der Waals surface area contributed by atoms with E-state index in [1.54, 1.807) is 22.7 Å². The van der Waals surface area contributed by atoms with Gasteiger partial charge in [-0.25, -0.2) is 13.9 Å². The summed E-state index contributed by atoms with van der Waals surface area (Å²) in [5.41, 5.74) is 3.23. The van der Waals surface area contributed by atoms with Crippen molar-refractivity contribution in [1.82, 2.24) is 24.9 Å². The second-order valence-corrected chi connectivity index (χ2v) is 6.71. The highest BCUT2D eigenvalue weighted by atomic mass is 32.2. The van der Waals surface area contributed by atoms with Crippen LogP contribution < -0.4 is 5.32 Å². The zero-order chi connectivity index (χ0) is 18.7. The molecule has 26 heavy (non-hydrogen) atoms. The van der Waals surface area contributed by atoms with Crippen molar-refractivity contribution in [2.24, 2.45) is 0 Å². The molecule has 0 bridgehead atoms. The molecule has 0 saturated heterocycles. The number of amides is 1. The lowest BCUT2D eigenvalue weighted by Crippen LogP contribution is -2.24. The number of benzene rings is 1. The van der Waals surface area contributed by atoms with Gasteiger partial charge in [-0.3, -0.25) is 4.79 Å². The molecule has 2 heterocycles. The molecule has 6 nitrogen and oxygen atoms in total. The number of halogens is 1. The number of aryl methyl sites for hydroxylation is 2. The summed E-state index contributed by atoms with van der Waals surface area (Å²) >= 11 is 1.46. The molecule has 1 N–H and O–H groups in total. The summed E-state index contributed by atoms with van der Waals surface area (Å²) < 4.78 is 15.3. The van der Waals surface area contributed by atoms with Crippen LogP contribution in [0.2, 0.25) is 0 Å². The average molecular weight is 373 g/mol. The van der Waals surface area contributed by atoms with Crippen molar-refractivity contribution in [3.05, 3.63) is 52.6 Å². The number of carbonyl (C=O) groups excluding carboxylic acids is 1. The van der Waals surface area contributed by atoms with Crippen LogP contribution in [0.5, 0.6) is 0 Å². The van der Waals surface area contributed by atoms with Gasteiger partial charge in [-0.1, -0.05) is 30.0 Å². The number of aromatic nitrogens is 4. The molecule has 0 unspecified atom stereocenters. The second kappa shape index (κ2) is 7.82. The van der Waals surface area contributed by atoms with Gasteiger partial charge < -0.3 is 5.32 Å². The Kier molecular flexibility index (Phi) is 5.51. The predicted octanol–water partition coefficient (Wildman–Crippen LogP) is 2.85. The number of nitrogens with one attached hydrogen (secondary N) is 1. The van der Waals surface area contributed by atoms with E-state index in [0.717, 1.165) is 17.0 Å². The molecule has 136 valence electrons. The Morgan fingerprint density at radius 1 is 1.27 bits per heavy atom. The summed E-state index contributed by atoms with van der Waals surface area (Å²) in [6.45, 7) is 4.04. The van der Waals surface area contributed by atoms with Crippen LogP contribution in [0, 0.1) is 19.7 Å². The molecule has 0 aliphatic carbocycles. The van der Waals surface area contributed by atoms with Crippen LogP contribution in [0.3, 0.4) is 0 Å². The molecule has 0 saturated carbocycles. The lowest BCUT2D eigenvalue weighted by atomic mass is 10.1. The van der Waals surface area contributed by atoms with Crippen molar-refractivity contribution < 1.29 is 9.18 Å². The number of rotatable bonds is 6. The van der Waals surface area contributed by atoms with Gasteiger partial charge in [0.05, 0.1) is 0 Å². The lowest BCUT2D eigenvalue weighted by Gasteiger charge is -2.10. The minimum atomic E-state index is -0.315. The number of fused-ring (bicyclic) bond motifs is 1. The largest absolute Gasteiger partial charge is 0.352 e. The van der Waals surface area contributed by atoms with Gasteiger partial charge >= 0.3 is 0 Å². The fourth-order valence-corrected chi connectivity index (χ4v) is 3.14. The third kappa shape index (κ3) is 3.85. The van der Waals surface area contributed by atoms with Gasteiger partial charge in [0.2, 0.25) is 11.1 Å². The van der Waals surface area contributed by atoms with Gasteiger partial charge in [-0.15, -0.1) is 5.10 Å². The first-order chi connectivity index (χ1) is 12.5.